The van der Waals surface area contributed by atoms with Gasteiger partial charge in [-0.25, -0.2) is 0 Å². The van der Waals surface area contributed by atoms with Crippen molar-refractivity contribution in [2.75, 3.05) is 6.54 Å². The molecule has 0 spiro atoms. The van der Waals surface area contributed by atoms with Crippen LogP contribution in [0, 0.1) is 28.6 Å². The lowest BCUT2D eigenvalue weighted by Gasteiger charge is -2.46. The van der Waals surface area contributed by atoms with Gasteiger partial charge in [-0.05, 0) is 56.4 Å². The van der Waals surface area contributed by atoms with Crippen LogP contribution in [0.4, 0.5) is 0 Å². The maximum Gasteiger partial charge on any atom is 0.0672 e. The Morgan fingerprint density at radius 1 is 1.10 bits per heavy atom. The predicted molar refractivity (Wildman–Crippen MR) is 88.9 cm³/mol. The standard InChI is InChI=1S/C19H34N2/c1-5-17-9-7-6-8-12-21(17)18-13-16(19(2,3)4)11-10-15(18)14-20/h15-18H,5-13H2,1-4H3. The van der Waals surface area contributed by atoms with Crippen LogP contribution in [0.3, 0.4) is 0 Å². The largest absolute Gasteiger partial charge is 0.296 e. The Bertz CT molecular complexity index is 363. The molecule has 2 rings (SSSR count). The summed E-state index contributed by atoms with van der Waals surface area (Å²) in [7, 11) is 0. The Hall–Kier alpha value is -0.550. The molecule has 2 heteroatoms. The van der Waals surface area contributed by atoms with Crippen molar-refractivity contribution in [3.8, 4) is 6.07 Å². The fraction of sp³-hybridized carbons (Fsp3) is 0.947. The van der Waals surface area contributed by atoms with E-state index in [9.17, 15) is 5.26 Å². The van der Waals surface area contributed by atoms with E-state index in [2.05, 4.69) is 38.7 Å². The Labute approximate surface area is 131 Å². The van der Waals surface area contributed by atoms with E-state index < -0.39 is 0 Å². The van der Waals surface area contributed by atoms with Gasteiger partial charge in [-0.2, -0.15) is 5.26 Å². The van der Waals surface area contributed by atoms with Crippen LogP contribution >= 0.6 is 0 Å². The molecular weight excluding hydrogens is 256 g/mol. The Morgan fingerprint density at radius 3 is 2.48 bits per heavy atom. The van der Waals surface area contributed by atoms with Crippen molar-refractivity contribution in [3.63, 3.8) is 0 Å². The van der Waals surface area contributed by atoms with Crippen molar-refractivity contribution in [2.45, 2.75) is 91.1 Å². The fourth-order valence-corrected chi connectivity index (χ4v) is 4.53. The van der Waals surface area contributed by atoms with Gasteiger partial charge in [0.2, 0.25) is 0 Å². The molecule has 0 bridgehead atoms. The number of nitriles is 1. The normalized spacial score (nSPS) is 36.0. The van der Waals surface area contributed by atoms with E-state index in [0.717, 1.165) is 12.3 Å². The molecule has 0 aromatic heterocycles. The minimum absolute atomic E-state index is 0.260. The summed E-state index contributed by atoms with van der Waals surface area (Å²) in [6.07, 6.45) is 10.2. The van der Waals surface area contributed by atoms with Crippen LogP contribution in [0.5, 0.6) is 0 Å². The van der Waals surface area contributed by atoms with Gasteiger partial charge in [0, 0.05) is 12.1 Å². The van der Waals surface area contributed by atoms with Crippen LogP contribution in [0.1, 0.15) is 79.1 Å². The van der Waals surface area contributed by atoms with Gasteiger partial charge in [-0.3, -0.25) is 4.90 Å². The molecule has 2 nitrogen and oxygen atoms in total. The average Bonchev–Trinajstić information content (AvgIpc) is 2.70. The summed E-state index contributed by atoms with van der Waals surface area (Å²) in [5.41, 5.74) is 0.381. The van der Waals surface area contributed by atoms with Crippen LogP contribution in [-0.2, 0) is 0 Å². The second-order valence-corrected chi connectivity index (χ2v) is 8.33. The molecule has 0 N–H and O–H groups in total. The van der Waals surface area contributed by atoms with Gasteiger partial charge in [0.15, 0.2) is 0 Å². The molecule has 0 amide bonds. The van der Waals surface area contributed by atoms with Crippen molar-refractivity contribution >= 4 is 0 Å². The van der Waals surface area contributed by atoms with Crippen molar-refractivity contribution in [1.29, 1.82) is 5.26 Å². The zero-order valence-corrected chi connectivity index (χ0v) is 14.6. The molecule has 1 saturated heterocycles. The first-order valence-corrected chi connectivity index (χ1v) is 9.12. The van der Waals surface area contributed by atoms with Crippen molar-refractivity contribution < 1.29 is 0 Å². The second-order valence-electron chi connectivity index (χ2n) is 8.33. The molecule has 0 aromatic carbocycles. The van der Waals surface area contributed by atoms with E-state index in [1.165, 1.54) is 51.5 Å². The maximum absolute atomic E-state index is 9.63. The summed E-state index contributed by atoms with van der Waals surface area (Å²) in [6.45, 7) is 10.7. The molecule has 1 aliphatic heterocycles. The monoisotopic (exact) mass is 290 g/mol. The zero-order valence-electron chi connectivity index (χ0n) is 14.6. The molecular formula is C19H34N2. The third-order valence-corrected chi connectivity index (χ3v) is 6.03. The van der Waals surface area contributed by atoms with Gasteiger partial charge in [-0.15, -0.1) is 0 Å². The number of hydrogen-bond acceptors (Lipinski definition) is 2. The number of rotatable bonds is 2. The quantitative estimate of drug-likeness (QED) is 0.716. The van der Waals surface area contributed by atoms with E-state index in [4.69, 9.17) is 0 Å². The summed E-state index contributed by atoms with van der Waals surface area (Å²) in [6, 6.07) is 3.87. The summed E-state index contributed by atoms with van der Waals surface area (Å²) < 4.78 is 0. The highest BCUT2D eigenvalue weighted by atomic mass is 15.2. The van der Waals surface area contributed by atoms with E-state index in [1.807, 2.05) is 0 Å². The first kappa shape index (κ1) is 16.8. The lowest BCUT2D eigenvalue weighted by atomic mass is 9.67. The SMILES string of the molecule is CCC1CCCCCN1C1CC(C(C)(C)C)CCC1C#N. The van der Waals surface area contributed by atoms with Crippen LogP contribution in [-0.4, -0.2) is 23.5 Å². The molecule has 0 aromatic rings. The third kappa shape index (κ3) is 4.01. The second kappa shape index (κ2) is 7.14. The lowest BCUT2D eigenvalue weighted by Crippen LogP contribution is -2.50. The number of likely N-dealkylation sites (tertiary alicyclic amines) is 1. The molecule has 2 fully saturated rings. The van der Waals surface area contributed by atoms with Gasteiger partial charge in [0.25, 0.3) is 0 Å². The van der Waals surface area contributed by atoms with E-state index in [-0.39, 0.29) is 5.92 Å². The van der Waals surface area contributed by atoms with E-state index in [0.29, 0.717) is 17.5 Å². The van der Waals surface area contributed by atoms with Crippen LogP contribution in [0.2, 0.25) is 0 Å². The number of nitrogens with zero attached hydrogens (tertiary/aromatic N) is 2. The Morgan fingerprint density at radius 2 is 1.86 bits per heavy atom. The number of hydrogen-bond donors (Lipinski definition) is 0. The predicted octanol–water partition coefficient (Wildman–Crippen LogP) is 5.00. The smallest absolute Gasteiger partial charge is 0.0672 e. The van der Waals surface area contributed by atoms with Gasteiger partial charge < -0.3 is 0 Å². The van der Waals surface area contributed by atoms with Gasteiger partial charge in [-0.1, -0.05) is 40.5 Å². The molecule has 21 heavy (non-hydrogen) atoms. The van der Waals surface area contributed by atoms with Crippen molar-refractivity contribution in [3.05, 3.63) is 0 Å². The highest BCUT2D eigenvalue weighted by Crippen LogP contribution is 2.42. The van der Waals surface area contributed by atoms with Crippen LogP contribution < -0.4 is 0 Å². The summed E-state index contributed by atoms with van der Waals surface area (Å²) in [5, 5.41) is 9.63. The molecule has 0 radical (unpaired) electrons. The third-order valence-electron chi connectivity index (χ3n) is 6.03. The van der Waals surface area contributed by atoms with E-state index >= 15 is 0 Å². The molecule has 2 aliphatic rings. The van der Waals surface area contributed by atoms with Crippen LogP contribution in [0.15, 0.2) is 0 Å². The van der Waals surface area contributed by atoms with Crippen molar-refractivity contribution in [1.82, 2.24) is 4.90 Å². The summed E-state index contributed by atoms with van der Waals surface area (Å²) >= 11 is 0. The highest BCUT2D eigenvalue weighted by molar-refractivity contribution is 5.00. The first-order valence-electron chi connectivity index (χ1n) is 9.12. The molecule has 120 valence electrons. The first-order chi connectivity index (χ1) is 9.97. The highest BCUT2D eigenvalue weighted by Gasteiger charge is 2.40. The Balaban J connectivity index is 2.17. The lowest BCUT2D eigenvalue weighted by molar-refractivity contribution is 0.0339. The summed E-state index contributed by atoms with van der Waals surface area (Å²) in [5.74, 6) is 1.03. The maximum atomic E-state index is 9.63. The zero-order chi connectivity index (χ0) is 15.5. The van der Waals surface area contributed by atoms with Crippen molar-refractivity contribution in [2.24, 2.45) is 17.3 Å². The van der Waals surface area contributed by atoms with Gasteiger partial charge in [0.05, 0.1) is 12.0 Å². The molecule has 4 unspecified atom stereocenters. The van der Waals surface area contributed by atoms with Gasteiger partial charge in [0.1, 0.15) is 0 Å². The van der Waals surface area contributed by atoms with Gasteiger partial charge >= 0.3 is 0 Å². The average molecular weight is 290 g/mol. The minimum Gasteiger partial charge on any atom is -0.296 e. The summed E-state index contributed by atoms with van der Waals surface area (Å²) in [4.78, 5) is 2.75. The molecule has 1 heterocycles. The molecule has 4 atom stereocenters. The van der Waals surface area contributed by atoms with E-state index in [1.54, 1.807) is 0 Å². The molecule has 1 saturated carbocycles. The van der Waals surface area contributed by atoms with Crippen LogP contribution in [0.25, 0.3) is 0 Å². The topological polar surface area (TPSA) is 27.0 Å². The minimum atomic E-state index is 0.260. The molecule has 1 aliphatic carbocycles. The Kier molecular flexibility index (Phi) is 5.72. The fourth-order valence-electron chi connectivity index (χ4n) is 4.53.